The number of nitrogens with one attached hydrogen (secondary N) is 1. The van der Waals surface area contributed by atoms with E-state index in [1.54, 1.807) is 38.1 Å². The number of amides is 1. The van der Waals surface area contributed by atoms with Crippen LogP contribution in [0.2, 0.25) is 0 Å². The van der Waals surface area contributed by atoms with E-state index in [-0.39, 0.29) is 29.5 Å². The highest BCUT2D eigenvalue weighted by Gasteiger charge is 2.19. The van der Waals surface area contributed by atoms with E-state index in [9.17, 15) is 9.59 Å². The number of hydrogen-bond donors (Lipinski definition) is 1. The summed E-state index contributed by atoms with van der Waals surface area (Å²) < 4.78 is 10.3. The molecule has 0 bridgehead atoms. The maximum Gasteiger partial charge on any atom is 0.319 e. The Morgan fingerprint density at radius 1 is 1.30 bits per heavy atom. The van der Waals surface area contributed by atoms with Crippen molar-refractivity contribution in [3.8, 4) is 0 Å². The van der Waals surface area contributed by atoms with Gasteiger partial charge in [-0.1, -0.05) is 30.0 Å². The Balaban J connectivity index is 1.85. The van der Waals surface area contributed by atoms with E-state index >= 15 is 0 Å². The van der Waals surface area contributed by atoms with Gasteiger partial charge < -0.3 is 14.5 Å². The second-order valence-corrected chi connectivity index (χ2v) is 5.81. The summed E-state index contributed by atoms with van der Waals surface area (Å²) in [6.07, 6.45) is 0. The van der Waals surface area contributed by atoms with Gasteiger partial charge in [-0.2, -0.15) is 0 Å². The molecule has 8 heteroatoms. The molecule has 1 heterocycles. The Morgan fingerprint density at radius 3 is 2.74 bits per heavy atom. The second-order valence-electron chi connectivity index (χ2n) is 4.52. The monoisotopic (exact) mass is 335 g/mol. The van der Waals surface area contributed by atoms with Gasteiger partial charge >= 0.3 is 5.97 Å². The fraction of sp³-hybridized carbons (Fsp3) is 0.333. The van der Waals surface area contributed by atoms with Crippen molar-refractivity contribution in [2.75, 3.05) is 6.61 Å². The molecule has 7 nitrogen and oxygen atoms in total. The highest BCUT2D eigenvalue weighted by Crippen LogP contribution is 2.22. The van der Waals surface area contributed by atoms with Crippen molar-refractivity contribution in [2.45, 2.75) is 30.9 Å². The van der Waals surface area contributed by atoms with Gasteiger partial charge in [-0.15, -0.1) is 10.2 Å². The number of ether oxygens (including phenoxy) is 1. The molecule has 1 atom stereocenters. The van der Waals surface area contributed by atoms with Gasteiger partial charge in [0.05, 0.1) is 13.2 Å². The SMILES string of the molecule is CCOC(=O)[C@@H](C)Sc1nnc(CNC(=O)c2ccccc2)o1. The average Bonchev–Trinajstić information content (AvgIpc) is 3.01. The fourth-order valence-electron chi connectivity index (χ4n) is 1.66. The van der Waals surface area contributed by atoms with Crippen LogP contribution in [0.3, 0.4) is 0 Å². The zero-order valence-electron chi connectivity index (χ0n) is 12.8. The molecule has 0 spiro atoms. The van der Waals surface area contributed by atoms with E-state index in [2.05, 4.69) is 15.5 Å². The Hall–Kier alpha value is -2.35. The first-order valence-corrected chi connectivity index (χ1v) is 7.97. The van der Waals surface area contributed by atoms with Crippen LogP contribution in [-0.2, 0) is 16.1 Å². The molecule has 2 rings (SSSR count). The number of thioether (sulfide) groups is 1. The van der Waals surface area contributed by atoms with Gasteiger partial charge in [-0.05, 0) is 26.0 Å². The van der Waals surface area contributed by atoms with E-state index in [0.717, 1.165) is 11.8 Å². The number of carbonyl (C=O) groups is 2. The number of rotatable bonds is 7. The predicted octanol–water partition coefficient (Wildman–Crippen LogP) is 2.04. The lowest BCUT2D eigenvalue weighted by Gasteiger charge is -2.06. The number of aromatic nitrogens is 2. The molecule has 1 aromatic heterocycles. The van der Waals surface area contributed by atoms with E-state index in [1.807, 2.05) is 6.07 Å². The van der Waals surface area contributed by atoms with Crippen molar-refractivity contribution in [3.63, 3.8) is 0 Å². The highest BCUT2D eigenvalue weighted by molar-refractivity contribution is 8.00. The molecule has 0 aliphatic rings. The Bertz CT molecular complexity index is 660. The van der Waals surface area contributed by atoms with Gasteiger partial charge in [0, 0.05) is 5.56 Å². The summed E-state index contributed by atoms with van der Waals surface area (Å²) in [5, 5.41) is 10.2. The summed E-state index contributed by atoms with van der Waals surface area (Å²) in [6, 6.07) is 8.83. The van der Waals surface area contributed by atoms with E-state index in [4.69, 9.17) is 9.15 Å². The summed E-state index contributed by atoms with van der Waals surface area (Å²) in [6.45, 7) is 3.89. The van der Waals surface area contributed by atoms with Crippen molar-refractivity contribution >= 4 is 23.6 Å². The van der Waals surface area contributed by atoms with Crippen molar-refractivity contribution in [1.29, 1.82) is 0 Å². The van der Waals surface area contributed by atoms with Crippen molar-refractivity contribution in [3.05, 3.63) is 41.8 Å². The van der Waals surface area contributed by atoms with Crippen LogP contribution in [0.1, 0.15) is 30.1 Å². The topological polar surface area (TPSA) is 94.3 Å². The van der Waals surface area contributed by atoms with Crippen molar-refractivity contribution in [1.82, 2.24) is 15.5 Å². The van der Waals surface area contributed by atoms with Crippen molar-refractivity contribution in [2.24, 2.45) is 0 Å². The molecule has 0 saturated carbocycles. The highest BCUT2D eigenvalue weighted by atomic mass is 32.2. The van der Waals surface area contributed by atoms with Gasteiger partial charge in [0.15, 0.2) is 0 Å². The smallest absolute Gasteiger partial charge is 0.319 e. The normalized spacial score (nSPS) is 11.7. The number of carbonyl (C=O) groups excluding carboxylic acids is 2. The van der Waals surface area contributed by atoms with Gasteiger partial charge in [0.1, 0.15) is 5.25 Å². The van der Waals surface area contributed by atoms with Crippen LogP contribution in [0, 0.1) is 0 Å². The van der Waals surface area contributed by atoms with Crippen LogP contribution in [0.25, 0.3) is 0 Å². The molecule has 0 fully saturated rings. The molecule has 0 aliphatic heterocycles. The minimum Gasteiger partial charge on any atom is -0.465 e. The minimum absolute atomic E-state index is 0.120. The first-order valence-electron chi connectivity index (χ1n) is 7.09. The van der Waals surface area contributed by atoms with Crippen LogP contribution in [-0.4, -0.2) is 33.9 Å². The number of benzene rings is 1. The Kier molecular flexibility index (Phi) is 6.16. The second kappa shape index (κ2) is 8.33. The molecule has 2 aromatic rings. The molecule has 122 valence electrons. The third-order valence-corrected chi connectivity index (χ3v) is 3.69. The first-order chi connectivity index (χ1) is 11.1. The van der Waals surface area contributed by atoms with Gasteiger partial charge in [0.25, 0.3) is 11.1 Å². The summed E-state index contributed by atoms with van der Waals surface area (Å²) in [4.78, 5) is 23.4. The lowest BCUT2D eigenvalue weighted by atomic mass is 10.2. The van der Waals surface area contributed by atoms with Crippen LogP contribution in [0.15, 0.2) is 40.0 Å². The lowest BCUT2D eigenvalue weighted by Crippen LogP contribution is -2.22. The summed E-state index contributed by atoms with van der Waals surface area (Å²) in [5.41, 5.74) is 0.553. The lowest BCUT2D eigenvalue weighted by molar-refractivity contribution is -0.142. The molecule has 23 heavy (non-hydrogen) atoms. The van der Waals surface area contributed by atoms with E-state index in [0.29, 0.717) is 12.2 Å². The standard InChI is InChI=1S/C15H17N3O4S/c1-3-21-14(20)10(2)23-15-18-17-12(22-15)9-16-13(19)11-7-5-4-6-8-11/h4-8,10H,3,9H2,1-2H3,(H,16,19)/t10-/m1/s1. The Labute approximate surface area is 137 Å². The first kappa shape index (κ1) is 17.0. The zero-order chi connectivity index (χ0) is 16.7. The predicted molar refractivity (Wildman–Crippen MR) is 83.9 cm³/mol. The molecule has 0 radical (unpaired) electrons. The third kappa shape index (κ3) is 5.10. The summed E-state index contributed by atoms with van der Waals surface area (Å²) in [7, 11) is 0. The molecule has 0 saturated heterocycles. The maximum atomic E-state index is 11.9. The van der Waals surface area contributed by atoms with Crippen LogP contribution in [0.5, 0.6) is 0 Å². The van der Waals surface area contributed by atoms with Crippen LogP contribution in [0.4, 0.5) is 0 Å². The molecular formula is C15H17N3O4S. The fourth-order valence-corrected chi connectivity index (χ4v) is 2.36. The largest absolute Gasteiger partial charge is 0.465 e. The van der Waals surface area contributed by atoms with Gasteiger partial charge in [-0.25, -0.2) is 0 Å². The van der Waals surface area contributed by atoms with E-state index in [1.165, 1.54) is 0 Å². The summed E-state index contributed by atoms with van der Waals surface area (Å²) in [5.74, 6) is -0.291. The summed E-state index contributed by atoms with van der Waals surface area (Å²) >= 11 is 1.12. The third-order valence-electron chi connectivity index (χ3n) is 2.78. The van der Waals surface area contributed by atoms with Gasteiger partial charge in [0.2, 0.25) is 5.89 Å². The number of esters is 1. The molecule has 1 N–H and O–H groups in total. The molecule has 0 aliphatic carbocycles. The average molecular weight is 335 g/mol. The molecular weight excluding hydrogens is 318 g/mol. The molecule has 1 aromatic carbocycles. The van der Waals surface area contributed by atoms with Gasteiger partial charge in [-0.3, -0.25) is 9.59 Å². The zero-order valence-corrected chi connectivity index (χ0v) is 13.6. The van der Waals surface area contributed by atoms with E-state index < -0.39 is 5.25 Å². The Morgan fingerprint density at radius 2 is 2.04 bits per heavy atom. The minimum atomic E-state index is -0.442. The van der Waals surface area contributed by atoms with Crippen molar-refractivity contribution < 1.29 is 18.7 Å². The quantitative estimate of drug-likeness (QED) is 0.611. The van der Waals surface area contributed by atoms with Crippen LogP contribution >= 0.6 is 11.8 Å². The maximum absolute atomic E-state index is 11.9. The molecule has 0 unspecified atom stereocenters. The number of nitrogens with zero attached hydrogens (tertiary/aromatic N) is 2. The number of hydrogen-bond acceptors (Lipinski definition) is 7. The molecule has 1 amide bonds. The van der Waals surface area contributed by atoms with Crippen LogP contribution < -0.4 is 5.32 Å².